The van der Waals surface area contributed by atoms with Crippen LogP contribution >= 0.6 is 0 Å². The van der Waals surface area contributed by atoms with Crippen LogP contribution in [0.25, 0.3) is 0 Å². The molecule has 2 unspecified atom stereocenters. The van der Waals surface area contributed by atoms with E-state index in [2.05, 4.69) is 10.3 Å². The third-order valence-electron chi connectivity index (χ3n) is 2.37. The fourth-order valence-corrected chi connectivity index (χ4v) is 1.43. The second kappa shape index (κ2) is 6.69. The molecule has 0 aromatic carbocycles. The minimum Gasteiger partial charge on any atom is -0.390 e. The SMILES string of the molecule is CC(=O)NCCC(O)C(O)c1cccc(C#N)n1. The van der Waals surface area contributed by atoms with Gasteiger partial charge in [0, 0.05) is 13.5 Å². The van der Waals surface area contributed by atoms with E-state index in [9.17, 15) is 15.0 Å². The van der Waals surface area contributed by atoms with Crippen LogP contribution in [0.1, 0.15) is 30.8 Å². The zero-order chi connectivity index (χ0) is 13.5. The Morgan fingerprint density at radius 1 is 1.56 bits per heavy atom. The first-order chi connectivity index (χ1) is 8.54. The van der Waals surface area contributed by atoms with Gasteiger partial charge in [-0.1, -0.05) is 6.07 Å². The average Bonchev–Trinajstić information content (AvgIpc) is 2.37. The Kier molecular flexibility index (Phi) is 5.24. The molecule has 0 aliphatic rings. The Morgan fingerprint density at radius 2 is 2.28 bits per heavy atom. The van der Waals surface area contributed by atoms with E-state index in [0.717, 1.165) is 0 Å². The number of hydrogen-bond acceptors (Lipinski definition) is 5. The van der Waals surface area contributed by atoms with Crippen LogP contribution < -0.4 is 5.32 Å². The summed E-state index contributed by atoms with van der Waals surface area (Å²) in [5, 5.41) is 30.8. The number of pyridine rings is 1. The summed E-state index contributed by atoms with van der Waals surface area (Å²) in [6, 6.07) is 6.49. The summed E-state index contributed by atoms with van der Waals surface area (Å²) in [6.07, 6.45) is -2.01. The lowest BCUT2D eigenvalue weighted by molar-refractivity contribution is -0.119. The van der Waals surface area contributed by atoms with Crippen molar-refractivity contribution in [2.75, 3.05) is 6.54 Å². The monoisotopic (exact) mass is 249 g/mol. The molecule has 6 nitrogen and oxygen atoms in total. The van der Waals surface area contributed by atoms with Gasteiger partial charge in [-0.25, -0.2) is 4.98 Å². The lowest BCUT2D eigenvalue weighted by Gasteiger charge is -2.17. The Balaban J connectivity index is 2.59. The molecule has 1 rings (SSSR count). The third-order valence-corrected chi connectivity index (χ3v) is 2.37. The predicted octanol–water partition coefficient (Wildman–Crippen LogP) is -0.126. The molecule has 0 spiro atoms. The van der Waals surface area contributed by atoms with Crippen molar-refractivity contribution in [1.29, 1.82) is 5.26 Å². The topological polar surface area (TPSA) is 106 Å². The lowest BCUT2D eigenvalue weighted by Crippen LogP contribution is -2.28. The van der Waals surface area contributed by atoms with Gasteiger partial charge in [-0.3, -0.25) is 4.79 Å². The van der Waals surface area contributed by atoms with E-state index in [1.807, 2.05) is 6.07 Å². The normalized spacial score (nSPS) is 13.4. The van der Waals surface area contributed by atoms with Crippen molar-refractivity contribution in [1.82, 2.24) is 10.3 Å². The summed E-state index contributed by atoms with van der Waals surface area (Å²) in [4.78, 5) is 14.5. The van der Waals surface area contributed by atoms with Gasteiger partial charge in [0.05, 0.1) is 11.8 Å². The highest BCUT2D eigenvalue weighted by atomic mass is 16.3. The quantitative estimate of drug-likeness (QED) is 0.674. The van der Waals surface area contributed by atoms with Crippen molar-refractivity contribution in [3.8, 4) is 6.07 Å². The number of nitriles is 1. The summed E-state index contributed by atoms with van der Waals surface area (Å²) in [6.45, 7) is 1.65. The highest BCUT2D eigenvalue weighted by molar-refractivity contribution is 5.72. The molecule has 0 bridgehead atoms. The van der Waals surface area contributed by atoms with Gasteiger partial charge in [-0.15, -0.1) is 0 Å². The summed E-state index contributed by atoms with van der Waals surface area (Å²) in [5.41, 5.74) is 0.421. The molecule has 0 saturated heterocycles. The Morgan fingerprint density at radius 3 is 2.89 bits per heavy atom. The molecule has 1 heterocycles. The molecule has 2 atom stereocenters. The number of carbonyl (C=O) groups is 1. The maximum Gasteiger partial charge on any atom is 0.216 e. The van der Waals surface area contributed by atoms with Gasteiger partial charge >= 0.3 is 0 Å². The van der Waals surface area contributed by atoms with Crippen LogP contribution in [0, 0.1) is 11.3 Å². The maximum absolute atomic E-state index is 10.6. The first-order valence-electron chi connectivity index (χ1n) is 5.52. The molecule has 1 amide bonds. The summed E-state index contributed by atoms with van der Waals surface area (Å²) >= 11 is 0. The van der Waals surface area contributed by atoms with Gasteiger partial charge < -0.3 is 15.5 Å². The van der Waals surface area contributed by atoms with Crippen LogP contribution in [-0.4, -0.2) is 33.8 Å². The van der Waals surface area contributed by atoms with Gasteiger partial charge in [0.15, 0.2) is 0 Å². The van der Waals surface area contributed by atoms with Gasteiger partial charge in [0.25, 0.3) is 0 Å². The van der Waals surface area contributed by atoms with Crippen molar-refractivity contribution in [2.24, 2.45) is 0 Å². The number of rotatable bonds is 5. The summed E-state index contributed by atoms with van der Waals surface area (Å²) < 4.78 is 0. The Hall–Kier alpha value is -1.97. The molecule has 0 aliphatic heterocycles. The number of hydrogen-bond donors (Lipinski definition) is 3. The standard InChI is InChI=1S/C12H15N3O3/c1-8(16)14-6-5-11(17)12(18)10-4-2-3-9(7-13)15-10/h2-4,11-12,17-18H,5-6H2,1H3,(H,14,16). The minimum absolute atomic E-state index is 0.181. The molecule has 6 heteroatoms. The van der Waals surface area contributed by atoms with Gasteiger partial charge in [0.2, 0.25) is 5.91 Å². The Labute approximate surface area is 105 Å². The minimum atomic E-state index is -1.17. The number of nitrogens with one attached hydrogen (secondary N) is 1. The van der Waals surface area contributed by atoms with E-state index < -0.39 is 12.2 Å². The molecule has 3 N–H and O–H groups in total. The van der Waals surface area contributed by atoms with E-state index in [-0.39, 0.29) is 30.3 Å². The molecular weight excluding hydrogens is 234 g/mol. The smallest absolute Gasteiger partial charge is 0.216 e. The van der Waals surface area contributed by atoms with Crippen LogP contribution in [0.4, 0.5) is 0 Å². The predicted molar refractivity (Wildman–Crippen MR) is 63.2 cm³/mol. The van der Waals surface area contributed by atoms with Crippen LogP contribution in [-0.2, 0) is 4.79 Å². The number of aromatic nitrogens is 1. The molecule has 1 aromatic rings. The van der Waals surface area contributed by atoms with Crippen molar-refractivity contribution < 1.29 is 15.0 Å². The largest absolute Gasteiger partial charge is 0.390 e. The number of aliphatic hydroxyl groups excluding tert-OH is 2. The lowest BCUT2D eigenvalue weighted by atomic mass is 10.1. The number of aliphatic hydroxyl groups is 2. The van der Waals surface area contributed by atoms with Crippen molar-refractivity contribution in [2.45, 2.75) is 25.6 Å². The molecule has 0 saturated carbocycles. The van der Waals surface area contributed by atoms with Crippen LogP contribution in [0.15, 0.2) is 18.2 Å². The van der Waals surface area contributed by atoms with Gasteiger partial charge in [-0.2, -0.15) is 5.26 Å². The summed E-state index contributed by atoms with van der Waals surface area (Å²) in [7, 11) is 0. The second-order valence-corrected chi connectivity index (χ2v) is 3.84. The number of carbonyl (C=O) groups excluding carboxylic acids is 1. The molecule has 18 heavy (non-hydrogen) atoms. The van der Waals surface area contributed by atoms with Crippen LogP contribution in [0.2, 0.25) is 0 Å². The van der Waals surface area contributed by atoms with Gasteiger partial charge in [0.1, 0.15) is 17.9 Å². The van der Waals surface area contributed by atoms with Crippen LogP contribution in [0.3, 0.4) is 0 Å². The molecule has 0 aliphatic carbocycles. The van der Waals surface area contributed by atoms with E-state index in [1.54, 1.807) is 6.07 Å². The fourth-order valence-electron chi connectivity index (χ4n) is 1.43. The molecule has 0 fully saturated rings. The van der Waals surface area contributed by atoms with Crippen molar-refractivity contribution in [3.63, 3.8) is 0 Å². The summed E-state index contributed by atoms with van der Waals surface area (Å²) in [5.74, 6) is -0.193. The second-order valence-electron chi connectivity index (χ2n) is 3.84. The van der Waals surface area contributed by atoms with Crippen LogP contribution in [0.5, 0.6) is 0 Å². The van der Waals surface area contributed by atoms with Crippen molar-refractivity contribution in [3.05, 3.63) is 29.6 Å². The van der Waals surface area contributed by atoms with Gasteiger partial charge in [-0.05, 0) is 18.6 Å². The van der Waals surface area contributed by atoms with E-state index in [0.29, 0.717) is 0 Å². The van der Waals surface area contributed by atoms with E-state index >= 15 is 0 Å². The van der Waals surface area contributed by atoms with Crippen molar-refractivity contribution >= 4 is 5.91 Å². The zero-order valence-corrected chi connectivity index (χ0v) is 10.00. The van der Waals surface area contributed by atoms with E-state index in [1.165, 1.54) is 19.1 Å². The highest BCUT2D eigenvalue weighted by Gasteiger charge is 2.19. The molecular formula is C12H15N3O3. The average molecular weight is 249 g/mol. The first-order valence-corrected chi connectivity index (χ1v) is 5.52. The zero-order valence-electron chi connectivity index (χ0n) is 10.00. The highest BCUT2D eigenvalue weighted by Crippen LogP contribution is 2.16. The third kappa shape index (κ3) is 4.13. The molecule has 96 valence electrons. The first kappa shape index (κ1) is 14.1. The molecule has 1 aromatic heterocycles. The Bertz CT molecular complexity index is 456. The fraction of sp³-hybridized carbons (Fsp3) is 0.417. The van der Waals surface area contributed by atoms with E-state index in [4.69, 9.17) is 5.26 Å². The number of nitrogens with zero attached hydrogens (tertiary/aromatic N) is 2. The maximum atomic E-state index is 10.6. The number of amides is 1. The molecule has 0 radical (unpaired) electrons.